The van der Waals surface area contributed by atoms with Gasteiger partial charge in [0.2, 0.25) is 0 Å². The standard InChI is InChI=1S/C18H26F3NO3/c1-16(2,3)8-7-13-9-12(5-6-14(13)18(19,20)21)10-22-17(4,11-23)15(24)25/h5-6,9,22-23H,7-8,10-11H2,1-4H3,(H,24,25)/t17-/m0/s1. The van der Waals surface area contributed by atoms with Crippen molar-refractivity contribution >= 4 is 5.97 Å². The second kappa shape index (κ2) is 7.74. The Balaban J connectivity index is 3.05. The fourth-order valence-electron chi connectivity index (χ4n) is 2.25. The van der Waals surface area contributed by atoms with Crippen molar-refractivity contribution in [1.29, 1.82) is 0 Å². The molecule has 1 aromatic rings. The van der Waals surface area contributed by atoms with Crippen LogP contribution in [-0.4, -0.2) is 28.3 Å². The summed E-state index contributed by atoms with van der Waals surface area (Å²) in [6.45, 7) is 6.63. The highest BCUT2D eigenvalue weighted by atomic mass is 19.4. The third kappa shape index (κ3) is 6.32. The molecule has 0 saturated heterocycles. The number of rotatable bonds is 7. The van der Waals surface area contributed by atoms with Crippen LogP contribution in [0.2, 0.25) is 0 Å². The Kier molecular flexibility index (Phi) is 6.64. The van der Waals surface area contributed by atoms with Gasteiger partial charge in [0.15, 0.2) is 0 Å². The minimum absolute atomic E-state index is 0.0456. The SMILES string of the molecule is CC(C)(C)CCc1cc(CN[C@@](C)(CO)C(=O)O)ccc1C(F)(F)F. The number of carboxylic acids is 1. The van der Waals surface area contributed by atoms with Crippen molar-refractivity contribution in [2.24, 2.45) is 5.41 Å². The van der Waals surface area contributed by atoms with E-state index >= 15 is 0 Å². The summed E-state index contributed by atoms with van der Waals surface area (Å²) in [7, 11) is 0. The quantitative estimate of drug-likeness (QED) is 0.694. The van der Waals surface area contributed by atoms with E-state index in [4.69, 9.17) is 5.11 Å². The lowest BCUT2D eigenvalue weighted by Gasteiger charge is -2.24. The molecule has 0 aliphatic rings. The lowest BCUT2D eigenvalue weighted by molar-refractivity contribution is -0.146. The second-order valence-electron chi connectivity index (χ2n) is 7.70. The van der Waals surface area contributed by atoms with Gasteiger partial charge in [0.25, 0.3) is 0 Å². The molecule has 1 rings (SSSR count). The van der Waals surface area contributed by atoms with Crippen LogP contribution in [0.25, 0.3) is 0 Å². The van der Waals surface area contributed by atoms with E-state index < -0.39 is 29.9 Å². The van der Waals surface area contributed by atoms with Crippen LogP contribution < -0.4 is 5.32 Å². The van der Waals surface area contributed by atoms with Gasteiger partial charge >= 0.3 is 12.1 Å². The van der Waals surface area contributed by atoms with Crippen LogP contribution >= 0.6 is 0 Å². The highest BCUT2D eigenvalue weighted by molar-refractivity contribution is 5.78. The maximum Gasteiger partial charge on any atom is 0.416 e. The van der Waals surface area contributed by atoms with Gasteiger partial charge in [0, 0.05) is 6.54 Å². The Labute approximate surface area is 146 Å². The molecule has 0 fully saturated rings. The fourth-order valence-corrected chi connectivity index (χ4v) is 2.25. The molecule has 3 N–H and O–H groups in total. The topological polar surface area (TPSA) is 69.6 Å². The Hall–Kier alpha value is -1.60. The molecule has 0 aliphatic carbocycles. The van der Waals surface area contributed by atoms with Crippen molar-refractivity contribution in [3.8, 4) is 0 Å². The average Bonchev–Trinajstić information content (AvgIpc) is 2.48. The second-order valence-corrected chi connectivity index (χ2v) is 7.70. The summed E-state index contributed by atoms with van der Waals surface area (Å²) >= 11 is 0. The number of hydrogen-bond acceptors (Lipinski definition) is 3. The molecular formula is C18H26F3NO3. The number of aliphatic carboxylic acids is 1. The predicted octanol–water partition coefficient (Wildman–Crippen LogP) is 3.61. The van der Waals surface area contributed by atoms with Gasteiger partial charge < -0.3 is 10.2 Å². The van der Waals surface area contributed by atoms with Crippen molar-refractivity contribution in [2.75, 3.05) is 6.61 Å². The fraction of sp³-hybridized carbons (Fsp3) is 0.611. The van der Waals surface area contributed by atoms with Crippen molar-refractivity contribution in [3.63, 3.8) is 0 Å². The van der Waals surface area contributed by atoms with Gasteiger partial charge in [-0.3, -0.25) is 10.1 Å². The van der Waals surface area contributed by atoms with Gasteiger partial charge in [-0.15, -0.1) is 0 Å². The maximum atomic E-state index is 13.2. The Morgan fingerprint density at radius 3 is 2.20 bits per heavy atom. The lowest BCUT2D eigenvalue weighted by atomic mass is 9.87. The van der Waals surface area contributed by atoms with Crippen LogP contribution in [0.3, 0.4) is 0 Å². The smallest absolute Gasteiger partial charge is 0.416 e. The van der Waals surface area contributed by atoms with Gasteiger partial charge in [-0.25, -0.2) is 0 Å². The number of halogens is 3. The third-order valence-corrected chi connectivity index (χ3v) is 4.09. The molecule has 142 valence electrons. The van der Waals surface area contributed by atoms with Crippen LogP contribution in [0.5, 0.6) is 0 Å². The number of aliphatic hydroxyl groups is 1. The summed E-state index contributed by atoms with van der Waals surface area (Å²) in [5, 5.41) is 21.0. The van der Waals surface area contributed by atoms with E-state index in [1.165, 1.54) is 19.1 Å². The van der Waals surface area contributed by atoms with Crippen molar-refractivity contribution in [1.82, 2.24) is 5.32 Å². The maximum absolute atomic E-state index is 13.2. The number of nitrogens with one attached hydrogen (secondary N) is 1. The first kappa shape index (κ1) is 21.4. The molecule has 0 saturated carbocycles. The molecule has 0 bridgehead atoms. The number of aliphatic hydroxyl groups excluding tert-OH is 1. The Bertz CT molecular complexity index is 609. The summed E-state index contributed by atoms with van der Waals surface area (Å²) in [5.74, 6) is -1.23. The zero-order valence-corrected chi connectivity index (χ0v) is 15.0. The normalized spacial score (nSPS) is 15.0. The predicted molar refractivity (Wildman–Crippen MR) is 89.2 cm³/mol. The van der Waals surface area contributed by atoms with Gasteiger partial charge in [-0.1, -0.05) is 32.9 Å². The van der Waals surface area contributed by atoms with Crippen LogP contribution in [0.15, 0.2) is 18.2 Å². The molecule has 0 spiro atoms. The van der Waals surface area contributed by atoms with Crippen LogP contribution in [0, 0.1) is 5.41 Å². The van der Waals surface area contributed by atoms with Crippen LogP contribution in [0.4, 0.5) is 13.2 Å². The number of benzene rings is 1. The molecule has 7 heteroatoms. The first-order valence-electron chi connectivity index (χ1n) is 8.07. The van der Waals surface area contributed by atoms with E-state index in [9.17, 15) is 23.1 Å². The summed E-state index contributed by atoms with van der Waals surface area (Å²) in [5.41, 5.74) is -1.58. The lowest BCUT2D eigenvalue weighted by Crippen LogP contribution is -2.52. The first-order valence-corrected chi connectivity index (χ1v) is 8.07. The van der Waals surface area contributed by atoms with E-state index in [2.05, 4.69) is 5.32 Å². The summed E-state index contributed by atoms with van der Waals surface area (Å²) in [6.07, 6.45) is -3.56. The van der Waals surface area contributed by atoms with Crippen molar-refractivity contribution in [3.05, 3.63) is 34.9 Å². The molecule has 1 atom stereocenters. The summed E-state index contributed by atoms with van der Waals surface area (Å²) in [6, 6.07) is 3.82. The number of alkyl halides is 3. The minimum Gasteiger partial charge on any atom is -0.480 e. The van der Waals surface area contributed by atoms with Gasteiger partial charge in [-0.2, -0.15) is 13.2 Å². The summed E-state index contributed by atoms with van der Waals surface area (Å²) in [4.78, 5) is 11.2. The van der Waals surface area contributed by atoms with Gasteiger partial charge in [-0.05, 0) is 42.4 Å². The monoisotopic (exact) mass is 361 g/mol. The molecular weight excluding hydrogens is 335 g/mol. The van der Waals surface area contributed by atoms with E-state index in [0.717, 1.165) is 6.07 Å². The molecule has 0 radical (unpaired) electrons. The minimum atomic E-state index is -4.43. The van der Waals surface area contributed by atoms with E-state index in [1.807, 2.05) is 20.8 Å². The summed E-state index contributed by atoms with van der Waals surface area (Å²) < 4.78 is 39.6. The largest absolute Gasteiger partial charge is 0.480 e. The van der Waals surface area contributed by atoms with Crippen molar-refractivity contribution in [2.45, 2.75) is 58.8 Å². The molecule has 4 nitrogen and oxygen atoms in total. The van der Waals surface area contributed by atoms with E-state index in [0.29, 0.717) is 12.0 Å². The first-order chi connectivity index (χ1) is 11.3. The molecule has 0 aliphatic heterocycles. The van der Waals surface area contributed by atoms with E-state index in [-0.39, 0.29) is 23.9 Å². The van der Waals surface area contributed by atoms with Gasteiger partial charge in [0.05, 0.1) is 12.2 Å². The molecule has 1 aromatic carbocycles. The van der Waals surface area contributed by atoms with Crippen LogP contribution in [0.1, 0.15) is 50.8 Å². The van der Waals surface area contributed by atoms with Crippen LogP contribution in [-0.2, 0) is 23.9 Å². The number of aryl methyl sites for hydroxylation is 1. The highest BCUT2D eigenvalue weighted by Gasteiger charge is 2.34. The Morgan fingerprint density at radius 1 is 1.16 bits per heavy atom. The average molecular weight is 361 g/mol. The molecule has 0 heterocycles. The zero-order chi connectivity index (χ0) is 19.5. The van der Waals surface area contributed by atoms with E-state index in [1.54, 1.807) is 0 Å². The molecule has 0 aromatic heterocycles. The zero-order valence-electron chi connectivity index (χ0n) is 15.0. The molecule has 25 heavy (non-hydrogen) atoms. The number of carboxylic acid groups (broad SMARTS) is 1. The third-order valence-electron chi connectivity index (χ3n) is 4.09. The van der Waals surface area contributed by atoms with Gasteiger partial charge in [0.1, 0.15) is 5.54 Å². The number of carbonyl (C=O) groups is 1. The highest BCUT2D eigenvalue weighted by Crippen LogP contribution is 2.34. The molecule has 0 amide bonds. The number of hydrogen-bond donors (Lipinski definition) is 3. The Morgan fingerprint density at radius 2 is 1.76 bits per heavy atom. The molecule has 0 unspecified atom stereocenters. The van der Waals surface area contributed by atoms with Crippen molar-refractivity contribution < 1.29 is 28.2 Å².